The Labute approximate surface area is 125 Å². The van der Waals surface area contributed by atoms with Crippen molar-refractivity contribution in [3.8, 4) is 17.1 Å². The van der Waals surface area contributed by atoms with Gasteiger partial charge in [-0.1, -0.05) is 0 Å². The van der Waals surface area contributed by atoms with Gasteiger partial charge in [-0.25, -0.2) is 0 Å². The highest BCUT2D eigenvalue weighted by Gasteiger charge is 2.12. The molecule has 108 valence electrons. The average Bonchev–Trinajstić information content (AvgIpc) is 2.46. The molecule has 0 radical (unpaired) electrons. The fourth-order valence-corrected chi connectivity index (χ4v) is 2.68. The molecule has 0 aliphatic carbocycles. The summed E-state index contributed by atoms with van der Waals surface area (Å²) < 4.78 is 11.5. The first kappa shape index (κ1) is 12.7. The molecule has 0 bridgehead atoms. The summed E-state index contributed by atoms with van der Waals surface area (Å²) in [6, 6.07) is 13.5. The molecule has 0 amide bonds. The normalized spacial score (nSPS) is 11.3. The molecule has 4 rings (SSSR count). The molecule has 0 saturated heterocycles. The summed E-state index contributed by atoms with van der Waals surface area (Å²) in [4.78, 5) is 11.8. The Bertz CT molecular complexity index is 1050. The zero-order valence-electron chi connectivity index (χ0n) is 11.8. The summed E-state index contributed by atoms with van der Waals surface area (Å²) in [5.41, 5.74) is 1.69. The van der Waals surface area contributed by atoms with Crippen molar-refractivity contribution in [1.82, 2.24) is 0 Å². The summed E-state index contributed by atoms with van der Waals surface area (Å²) in [6.45, 7) is 1.84. The van der Waals surface area contributed by atoms with Crippen molar-refractivity contribution in [1.29, 1.82) is 0 Å². The van der Waals surface area contributed by atoms with Gasteiger partial charge in [0.15, 0.2) is 5.43 Å². The number of hydrogen-bond acceptors (Lipinski definition) is 4. The predicted octanol–water partition coefficient (Wildman–Crippen LogP) is 4.22. The number of rotatable bonds is 1. The molecule has 0 aliphatic heterocycles. The van der Waals surface area contributed by atoms with Crippen molar-refractivity contribution in [3.63, 3.8) is 0 Å². The van der Waals surface area contributed by atoms with Gasteiger partial charge in [0.2, 0.25) is 0 Å². The molecule has 2 heterocycles. The number of phenolic OH excluding ortho intramolecular Hbond substituents is 1. The zero-order valence-corrected chi connectivity index (χ0v) is 11.8. The molecule has 1 N–H and O–H groups in total. The first-order valence-corrected chi connectivity index (χ1v) is 6.87. The highest BCUT2D eigenvalue weighted by atomic mass is 16.3. The van der Waals surface area contributed by atoms with Crippen LogP contribution in [0, 0.1) is 6.92 Å². The first-order valence-electron chi connectivity index (χ1n) is 6.87. The van der Waals surface area contributed by atoms with Crippen LogP contribution in [0.5, 0.6) is 5.75 Å². The molecule has 2 aromatic heterocycles. The number of benzene rings is 2. The number of aryl methyl sites for hydroxylation is 1. The molecule has 0 atom stereocenters. The van der Waals surface area contributed by atoms with E-state index in [9.17, 15) is 9.90 Å². The van der Waals surface area contributed by atoms with Crippen LogP contribution in [-0.4, -0.2) is 5.11 Å². The van der Waals surface area contributed by atoms with Crippen molar-refractivity contribution in [2.75, 3.05) is 0 Å². The largest absolute Gasteiger partial charge is 0.508 e. The maximum Gasteiger partial charge on any atom is 0.186 e. The van der Waals surface area contributed by atoms with Gasteiger partial charge in [0.25, 0.3) is 0 Å². The Morgan fingerprint density at radius 3 is 2.32 bits per heavy atom. The number of phenols is 1. The minimum atomic E-state index is -0.158. The molecule has 0 fully saturated rings. The molecule has 0 unspecified atom stereocenters. The lowest BCUT2D eigenvalue weighted by Gasteiger charge is -2.08. The summed E-state index contributed by atoms with van der Waals surface area (Å²) >= 11 is 0. The molecule has 0 saturated carbocycles. The highest BCUT2D eigenvalue weighted by molar-refractivity contribution is 6.06. The second-order valence-corrected chi connectivity index (χ2v) is 5.26. The van der Waals surface area contributed by atoms with Crippen LogP contribution in [0.1, 0.15) is 5.76 Å². The summed E-state index contributed by atoms with van der Waals surface area (Å²) in [5.74, 6) is 1.55. The van der Waals surface area contributed by atoms with Gasteiger partial charge in [-0.3, -0.25) is 4.79 Å². The van der Waals surface area contributed by atoms with Crippen molar-refractivity contribution in [3.05, 3.63) is 64.5 Å². The Hall–Kier alpha value is -3.01. The lowest BCUT2D eigenvalue weighted by atomic mass is 10.1. The van der Waals surface area contributed by atoms with Gasteiger partial charge in [0, 0.05) is 17.7 Å². The van der Waals surface area contributed by atoms with E-state index in [1.165, 1.54) is 12.1 Å². The van der Waals surface area contributed by atoms with Crippen LogP contribution < -0.4 is 5.43 Å². The van der Waals surface area contributed by atoms with Crippen molar-refractivity contribution in [2.45, 2.75) is 6.92 Å². The lowest BCUT2D eigenvalue weighted by molar-refractivity contribution is 0.475. The predicted molar refractivity (Wildman–Crippen MR) is 84.1 cm³/mol. The molecule has 0 spiro atoms. The van der Waals surface area contributed by atoms with Gasteiger partial charge in [0.1, 0.15) is 28.4 Å². The van der Waals surface area contributed by atoms with Gasteiger partial charge >= 0.3 is 0 Å². The van der Waals surface area contributed by atoms with E-state index in [1.54, 1.807) is 24.3 Å². The zero-order chi connectivity index (χ0) is 15.3. The molecule has 4 heteroatoms. The second kappa shape index (κ2) is 4.49. The Morgan fingerprint density at radius 1 is 0.909 bits per heavy atom. The third-order valence-electron chi connectivity index (χ3n) is 3.62. The van der Waals surface area contributed by atoms with E-state index in [-0.39, 0.29) is 11.2 Å². The Kier molecular flexibility index (Phi) is 2.60. The van der Waals surface area contributed by atoms with E-state index < -0.39 is 0 Å². The molecule has 4 nitrogen and oxygen atoms in total. The third kappa shape index (κ3) is 1.97. The van der Waals surface area contributed by atoms with Crippen LogP contribution in [0.2, 0.25) is 0 Å². The van der Waals surface area contributed by atoms with Gasteiger partial charge < -0.3 is 13.9 Å². The molecule has 22 heavy (non-hydrogen) atoms. The average molecular weight is 292 g/mol. The standard InChI is InChI=1S/C18H12O4/c1-10-6-12-7-15(11-2-4-13(19)5-3-11)22-17-9-14(20)8-16(21-10)18(12)17/h2-9,19H,1H3. The van der Waals surface area contributed by atoms with E-state index in [4.69, 9.17) is 8.83 Å². The second-order valence-electron chi connectivity index (χ2n) is 5.26. The van der Waals surface area contributed by atoms with Gasteiger partial charge in [0.05, 0.1) is 5.39 Å². The van der Waals surface area contributed by atoms with Gasteiger partial charge in [-0.05, 0) is 48.7 Å². The van der Waals surface area contributed by atoms with E-state index in [0.29, 0.717) is 16.9 Å². The van der Waals surface area contributed by atoms with Crippen LogP contribution in [0.15, 0.2) is 62.2 Å². The van der Waals surface area contributed by atoms with Crippen LogP contribution in [-0.2, 0) is 0 Å². The maximum absolute atomic E-state index is 11.8. The number of hydrogen-bond donors (Lipinski definition) is 1. The summed E-state index contributed by atoms with van der Waals surface area (Å²) in [6.07, 6.45) is 0. The minimum Gasteiger partial charge on any atom is -0.508 e. The lowest BCUT2D eigenvalue weighted by Crippen LogP contribution is -1.97. The van der Waals surface area contributed by atoms with Crippen LogP contribution >= 0.6 is 0 Å². The SMILES string of the molecule is Cc1cc2cc(-c3ccc(O)cc3)oc3cc(=O)cc(o1)c23. The van der Waals surface area contributed by atoms with Gasteiger partial charge in [-0.2, -0.15) is 0 Å². The minimum absolute atomic E-state index is 0.158. The van der Waals surface area contributed by atoms with Crippen molar-refractivity contribution < 1.29 is 13.9 Å². The van der Waals surface area contributed by atoms with Crippen LogP contribution in [0.4, 0.5) is 0 Å². The maximum atomic E-state index is 11.8. The summed E-state index contributed by atoms with van der Waals surface area (Å²) in [5, 5.41) is 11.1. The first-order chi connectivity index (χ1) is 10.6. The molecule has 2 aromatic carbocycles. The topological polar surface area (TPSA) is 63.6 Å². The van der Waals surface area contributed by atoms with E-state index in [1.807, 2.05) is 19.1 Å². The Morgan fingerprint density at radius 2 is 1.59 bits per heavy atom. The Balaban J connectivity index is 2.10. The van der Waals surface area contributed by atoms with Crippen LogP contribution in [0.25, 0.3) is 33.3 Å². The highest BCUT2D eigenvalue weighted by Crippen LogP contribution is 2.32. The monoisotopic (exact) mass is 292 g/mol. The molecule has 4 aromatic rings. The molecular weight excluding hydrogens is 280 g/mol. The van der Waals surface area contributed by atoms with Crippen LogP contribution in [0.3, 0.4) is 0 Å². The summed E-state index contributed by atoms with van der Waals surface area (Å²) in [7, 11) is 0. The van der Waals surface area contributed by atoms with Crippen molar-refractivity contribution >= 4 is 21.9 Å². The van der Waals surface area contributed by atoms with E-state index >= 15 is 0 Å². The molecular formula is C18H12O4. The third-order valence-corrected chi connectivity index (χ3v) is 3.62. The number of aromatic hydroxyl groups is 1. The quantitative estimate of drug-likeness (QED) is 0.570. The van der Waals surface area contributed by atoms with Gasteiger partial charge in [-0.15, -0.1) is 0 Å². The van der Waals surface area contributed by atoms with E-state index in [0.717, 1.165) is 22.1 Å². The smallest absolute Gasteiger partial charge is 0.186 e. The fraction of sp³-hybridized carbons (Fsp3) is 0.0556. The molecule has 0 aliphatic rings. The van der Waals surface area contributed by atoms with E-state index in [2.05, 4.69) is 0 Å². The van der Waals surface area contributed by atoms with Crippen molar-refractivity contribution in [2.24, 2.45) is 0 Å². The fourth-order valence-electron chi connectivity index (χ4n) is 2.68.